The maximum atomic E-state index is 13.8. The lowest BCUT2D eigenvalue weighted by atomic mass is 10.0. The Morgan fingerprint density at radius 2 is 1.76 bits per heavy atom. The smallest absolute Gasteiger partial charge is 0.259 e. The molecule has 1 amide bonds. The summed E-state index contributed by atoms with van der Waals surface area (Å²) in [6.45, 7) is 1.92. The highest BCUT2D eigenvalue weighted by Gasteiger charge is 2.31. The molecule has 0 bridgehead atoms. The number of sulfone groups is 1. The lowest BCUT2D eigenvalue weighted by molar-refractivity contribution is 0.0744. The van der Waals surface area contributed by atoms with Gasteiger partial charge < -0.3 is 9.42 Å². The van der Waals surface area contributed by atoms with Gasteiger partial charge in [-0.1, -0.05) is 47.6 Å². The summed E-state index contributed by atoms with van der Waals surface area (Å²) in [5.41, 5.74) is 4.00. The molecule has 5 rings (SSSR count). The number of hydrogen-bond donors (Lipinski definition) is 0. The second kappa shape index (κ2) is 8.36. The highest BCUT2D eigenvalue weighted by atomic mass is 32.2. The quantitative estimate of drug-likeness (QED) is 0.389. The molecule has 0 N–H and O–H groups in total. The van der Waals surface area contributed by atoms with Crippen molar-refractivity contribution < 1.29 is 17.7 Å². The van der Waals surface area contributed by atoms with Gasteiger partial charge in [0.2, 0.25) is 0 Å². The van der Waals surface area contributed by atoms with Gasteiger partial charge in [-0.2, -0.15) is 0 Å². The lowest BCUT2D eigenvalue weighted by Gasteiger charge is -2.26. The first-order valence-corrected chi connectivity index (χ1v) is 13.1. The maximum absolute atomic E-state index is 13.8. The molecule has 1 aliphatic rings. The van der Waals surface area contributed by atoms with E-state index >= 15 is 0 Å². The van der Waals surface area contributed by atoms with Gasteiger partial charge in [0, 0.05) is 30.5 Å². The average Bonchev–Trinajstić information content (AvgIpc) is 3.61. The fraction of sp³-hybridized carbons (Fsp3) is 0.269. The van der Waals surface area contributed by atoms with E-state index in [1.807, 2.05) is 43.3 Å². The van der Waals surface area contributed by atoms with E-state index in [-0.39, 0.29) is 16.8 Å². The van der Waals surface area contributed by atoms with Crippen LogP contribution in [0.5, 0.6) is 0 Å². The zero-order valence-electron chi connectivity index (χ0n) is 19.2. The summed E-state index contributed by atoms with van der Waals surface area (Å²) in [5, 5.41) is 4.86. The van der Waals surface area contributed by atoms with E-state index in [2.05, 4.69) is 10.1 Å². The number of benzene rings is 2. The summed E-state index contributed by atoms with van der Waals surface area (Å²) in [6, 6.07) is 17.8. The van der Waals surface area contributed by atoms with Crippen molar-refractivity contribution in [1.82, 2.24) is 15.0 Å². The predicted octanol–water partition coefficient (Wildman–Crippen LogP) is 5.00. The van der Waals surface area contributed by atoms with E-state index in [4.69, 9.17) is 4.52 Å². The standard InChI is InChI=1S/C26H25N3O4S/c1-16(17-11-13-20(14-12-17)34(3,31)32)29(2)26(30)21-15-22(18-9-10-18)27-25-23(21)24(28-33-25)19-7-5-4-6-8-19/h4-8,11-16,18H,9-10H2,1-3H3. The molecular weight excluding hydrogens is 450 g/mol. The average molecular weight is 476 g/mol. The third kappa shape index (κ3) is 4.09. The van der Waals surface area contributed by atoms with Crippen molar-refractivity contribution in [2.24, 2.45) is 0 Å². The van der Waals surface area contributed by atoms with E-state index in [0.717, 1.165) is 29.7 Å². The molecule has 174 valence electrons. The van der Waals surface area contributed by atoms with E-state index < -0.39 is 9.84 Å². The first kappa shape index (κ1) is 22.3. The number of hydrogen-bond acceptors (Lipinski definition) is 6. The van der Waals surface area contributed by atoms with Crippen LogP contribution in [-0.2, 0) is 9.84 Å². The molecule has 1 unspecified atom stereocenters. The molecule has 8 heteroatoms. The minimum absolute atomic E-state index is 0.172. The van der Waals surface area contributed by atoms with Crippen LogP contribution < -0.4 is 0 Å². The summed E-state index contributed by atoms with van der Waals surface area (Å²) >= 11 is 0. The van der Waals surface area contributed by atoms with Crippen molar-refractivity contribution in [1.29, 1.82) is 0 Å². The lowest BCUT2D eigenvalue weighted by Crippen LogP contribution is -2.30. The molecule has 1 fully saturated rings. The molecule has 0 radical (unpaired) electrons. The summed E-state index contributed by atoms with van der Waals surface area (Å²) in [5.74, 6) is 0.168. The van der Waals surface area contributed by atoms with Crippen LogP contribution >= 0.6 is 0 Å². The summed E-state index contributed by atoms with van der Waals surface area (Å²) in [7, 11) is -1.54. The van der Waals surface area contributed by atoms with Crippen molar-refractivity contribution >= 4 is 26.8 Å². The molecule has 7 nitrogen and oxygen atoms in total. The fourth-order valence-electron chi connectivity index (χ4n) is 4.10. The Morgan fingerprint density at radius 3 is 2.38 bits per heavy atom. The van der Waals surface area contributed by atoms with Crippen LogP contribution in [0.3, 0.4) is 0 Å². The van der Waals surface area contributed by atoms with Gasteiger partial charge >= 0.3 is 0 Å². The Hall–Kier alpha value is -3.52. The monoisotopic (exact) mass is 475 g/mol. The van der Waals surface area contributed by atoms with Crippen LogP contribution in [0.15, 0.2) is 70.1 Å². The van der Waals surface area contributed by atoms with Crippen molar-refractivity contribution in [3.63, 3.8) is 0 Å². The van der Waals surface area contributed by atoms with Crippen LogP contribution in [0.4, 0.5) is 0 Å². The van der Waals surface area contributed by atoms with Gasteiger partial charge in [0.1, 0.15) is 5.69 Å². The Labute approximate surface area is 198 Å². The van der Waals surface area contributed by atoms with Gasteiger partial charge in [-0.15, -0.1) is 0 Å². The number of aromatic nitrogens is 2. The molecule has 1 saturated carbocycles. The first-order chi connectivity index (χ1) is 16.2. The number of fused-ring (bicyclic) bond motifs is 1. The number of pyridine rings is 1. The topological polar surface area (TPSA) is 93.4 Å². The third-order valence-electron chi connectivity index (χ3n) is 6.43. The van der Waals surface area contributed by atoms with Crippen LogP contribution in [0.1, 0.15) is 53.3 Å². The normalized spacial score (nSPS) is 14.8. The van der Waals surface area contributed by atoms with Crippen molar-refractivity contribution in [2.75, 3.05) is 13.3 Å². The minimum atomic E-state index is -3.29. The molecule has 1 atom stereocenters. The number of rotatable bonds is 6. The third-order valence-corrected chi connectivity index (χ3v) is 7.56. The Morgan fingerprint density at radius 1 is 1.09 bits per heavy atom. The number of amides is 1. The minimum Gasteiger partial charge on any atom is -0.335 e. The first-order valence-electron chi connectivity index (χ1n) is 11.2. The summed E-state index contributed by atoms with van der Waals surface area (Å²) in [6.07, 6.45) is 3.27. The number of carbonyl (C=O) groups excluding carboxylic acids is 1. The van der Waals surface area contributed by atoms with Crippen molar-refractivity contribution in [3.8, 4) is 11.3 Å². The van der Waals surface area contributed by atoms with Gasteiger partial charge in [-0.3, -0.25) is 4.79 Å². The molecule has 2 heterocycles. The van der Waals surface area contributed by atoms with E-state index in [9.17, 15) is 13.2 Å². The van der Waals surface area contributed by atoms with Gasteiger partial charge in [-0.05, 0) is 43.5 Å². The van der Waals surface area contributed by atoms with E-state index in [1.54, 1.807) is 36.2 Å². The van der Waals surface area contributed by atoms with E-state index in [0.29, 0.717) is 28.3 Å². The number of nitrogens with zero attached hydrogens (tertiary/aromatic N) is 3. The van der Waals surface area contributed by atoms with Gasteiger partial charge in [0.25, 0.3) is 11.6 Å². The molecule has 0 saturated heterocycles. The van der Waals surface area contributed by atoms with Crippen LogP contribution in [0, 0.1) is 0 Å². The molecule has 4 aromatic rings. The van der Waals surface area contributed by atoms with Crippen molar-refractivity contribution in [2.45, 2.75) is 36.6 Å². The Kier molecular flexibility index (Phi) is 5.48. The molecule has 2 aromatic heterocycles. The summed E-state index contributed by atoms with van der Waals surface area (Å²) < 4.78 is 29.2. The SMILES string of the molecule is CC(c1ccc(S(C)(=O)=O)cc1)N(C)C(=O)c1cc(C2CC2)nc2onc(-c3ccccc3)c12. The molecule has 0 aliphatic heterocycles. The second-order valence-corrected chi connectivity index (χ2v) is 10.9. The highest BCUT2D eigenvalue weighted by molar-refractivity contribution is 7.90. The maximum Gasteiger partial charge on any atom is 0.259 e. The number of carbonyl (C=O) groups is 1. The zero-order valence-corrected chi connectivity index (χ0v) is 20.0. The summed E-state index contributed by atoms with van der Waals surface area (Å²) in [4.78, 5) is 20.4. The zero-order chi connectivity index (χ0) is 24.0. The largest absolute Gasteiger partial charge is 0.335 e. The fourth-order valence-corrected chi connectivity index (χ4v) is 4.73. The van der Waals surface area contributed by atoms with Crippen molar-refractivity contribution in [3.05, 3.63) is 77.5 Å². The van der Waals surface area contributed by atoms with Crippen LogP contribution in [0.2, 0.25) is 0 Å². The van der Waals surface area contributed by atoms with Gasteiger partial charge in [0.15, 0.2) is 9.84 Å². The molecule has 0 spiro atoms. The van der Waals surface area contributed by atoms with Crippen LogP contribution in [0.25, 0.3) is 22.4 Å². The Balaban J connectivity index is 1.55. The van der Waals surface area contributed by atoms with Crippen LogP contribution in [-0.4, -0.2) is 42.7 Å². The predicted molar refractivity (Wildman–Crippen MR) is 129 cm³/mol. The second-order valence-electron chi connectivity index (χ2n) is 8.88. The molecule has 1 aliphatic carbocycles. The Bertz CT molecular complexity index is 1470. The highest BCUT2D eigenvalue weighted by Crippen LogP contribution is 2.41. The van der Waals surface area contributed by atoms with E-state index in [1.165, 1.54) is 6.26 Å². The molecule has 2 aromatic carbocycles. The molecular formula is C26H25N3O4S. The van der Waals surface area contributed by atoms with Gasteiger partial charge in [0.05, 0.1) is 21.9 Å². The van der Waals surface area contributed by atoms with Gasteiger partial charge in [-0.25, -0.2) is 13.4 Å². The molecule has 34 heavy (non-hydrogen) atoms.